The fourth-order valence-corrected chi connectivity index (χ4v) is 7.71. The molecule has 16 heteroatoms. The Labute approximate surface area is 255 Å². The topological polar surface area (TPSA) is 135 Å². The van der Waals surface area contributed by atoms with E-state index in [1.165, 1.54) is 15.5 Å². The van der Waals surface area contributed by atoms with Crippen molar-refractivity contribution in [3.63, 3.8) is 0 Å². The van der Waals surface area contributed by atoms with E-state index in [-0.39, 0.29) is 35.2 Å². The summed E-state index contributed by atoms with van der Waals surface area (Å²) in [6.07, 6.45) is 1.56. The highest BCUT2D eigenvalue weighted by atomic mass is 32.2. The average molecular weight is 643 g/mol. The van der Waals surface area contributed by atoms with Gasteiger partial charge in [-0.1, -0.05) is 11.3 Å². The summed E-state index contributed by atoms with van der Waals surface area (Å²) in [7, 11) is -0.981. The molecule has 0 bridgehead atoms. The molecule has 1 amide bonds. The number of hydrogen-bond donors (Lipinski definition) is 1. The molecule has 0 atom stereocenters. The van der Waals surface area contributed by atoms with Crippen LogP contribution in [-0.4, -0.2) is 96.4 Å². The first-order valence-corrected chi connectivity index (χ1v) is 16.4. The molecule has 230 valence electrons. The summed E-state index contributed by atoms with van der Waals surface area (Å²) in [6.45, 7) is 3.54. The molecule has 7 rings (SSSR count). The van der Waals surface area contributed by atoms with Crippen LogP contribution in [0.1, 0.15) is 10.4 Å². The third kappa shape index (κ3) is 5.16. The zero-order chi connectivity index (χ0) is 30.5. The zero-order valence-electron chi connectivity index (χ0n) is 23.4. The van der Waals surface area contributed by atoms with Crippen LogP contribution in [-0.2, 0) is 17.3 Å². The van der Waals surface area contributed by atoms with Gasteiger partial charge < -0.3 is 20.0 Å². The molecule has 0 unspecified atom stereocenters. The number of nitrogens with two attached hydrogens (primary N) is 1. The highest BCUT2D eigenvalue weighted by Gasteiger charge is 2.27. The predicted octanol–water partition coefficient (Wildman–Crippen LogP) is 2.25. The smallest absolute Gasteiger partial charge is 0.309 e. The van der Waals surface area contributed by atoms with Crippen LogP contribution in [0.5, 0.6) is 0 Å². The average Bonchev–Trinajstić information content (AvgIpc) is 3.76. The van der Waals surface area contributed by atoms with Gasteiger partial charge in [0.15, 0.2) is 11.4 Å². The van der Waals surface area contributed by atoms with E-state index >= 15 is 0 Å². The quantitative estimate of drug-likeness (QED) is 0.296. The first-order valence-electron chi connectivity index (χ1n) is 14.1. The van der Waals surface area contributed by atoms with Crippen molar-refractivity contribution in [1.82, 2.24) is 29.0 Å². The fraction of sp³-hybridized carbons (Fsp3) is 0.357. The summed E-state index contributed by atoms with van der Waals surface area (Å²) in [5, 5.41) is 4.49. The number of benzene rings is 1. The van der Waals surface area contributed by atoms with Crippen molar-refractivity contribution in [1.29, 1.82) is 0 Å². The summed E-state index contributed by atoms with van der Waals surface area (Å²) in [5.74, 6) is -0.728. The van der Waals surface area contributed by atoms with Gasteiger partial charge in [0, 0.05) is 80.7 Å². The first-order chi connectivity index (χ1) is 21.3. The molecule has 1 aromatic carbocycles. The van der Waals surface area contributed by atoms with E-state index < -0.39 is 28.3 Å². The van der Waals surface area contributed by atoms with E-state index in [0.29, 0.717) is 78.1 Å². The number of thiazole rings is 1. The Morgan fingerprint density at radius 2 is 1.82 bits per heavy atom. The van der Waals surface area contributed by atoms with Crippen molar-refractivity contribution in [3.8, 4) is 11.5 Å². The molecule has 4 aromatic heterocycles. The van der Waals surface area contributed by atoms with Gasteiger partial charge in [-0.05, 0) is 24.3 Å². The maximum Gasteiger partial charge on any atom is 0.309 e. The first kappa shape index (κ1) is 28.6. The molecular weight excluding hydrogens is 614 g/mol. The van der Waals surface area contributed by atoms with Crippen LogP contribution in [0.4, 0.5) is 20.4 Å². The van der Waals surface area contributed by atoms with E-state index in [4.69, 9.17) is 10.2 Å². The molecule has 5 aromatic rings. The number of piperazine rings is 1. The number of amides is 1. The number of anilines is 2. The van der Waals surface area contributed by atoms with Crippen LogP contribution in [0.25, 0.3) is 27.3 Å². The summed E-state index contributed by atoms with van der Waals surface area (Å²) < 4.78 is 50.5. The molecule has 0 radical (unpaired) electrons. The van der Waals surface area contributed by atoms with Gasteiger partial charge in [0.2, 0.25) is 5.95 Å². The molecule has 0 saturated carbocycles. The molecular formula is C28H28F2N8O4S2. The van der Waals surface area contributed by atoms with Crippen LogP contribution < -0.4 is 15.5 Å². The number of halogens is 2. The molecule has 12 nitrogen and oxygen atoms in total. The Bertz CT molecular complexity index is 1950. The number of nitrogens with zero attached hydrogens (tertiary/aromatic N) is 7. The van der Waals surface area contributed by atoms with Crippen LogP contribution in [0.3, 0.4) is 0 Å². The Hall–Kier alpha value is -4.15. The lowest BCUT2D eigenvalue weighted by atomic mass is 10.1. The highest BCUT2D eigenvalue weighted by molar-refractivity contribution is 7.85. The fourth-order valence-electron chi connectivity index (χ4n) is 5.70. The van der Waals surface area contributed by atoms with Crippen LogP contribution >= 0.6 is 11.3 Å². The molecule has 2 aliphatic rings. The maximum atomic E-state index is 14.9. The van der Waals surface area contributed by atoms with Crippen molar-refractivity contribution in [3.05, 3.63) is 63.5 Å². The van der Waals surface area contributed by atoms with E-state index in [1.807, 2.05) is 6.07 Å². The molecule has 2 fully saturated rings. The Balaban J connectivity index is 1.04. The van der Waals surface area contributed by atoms with Gasteiger partial charge in [0.05, 0.1) is 23.0 Å². The van der Waals surface area contributed by atoms with Crippen molar-refractivity contribution in [2.24, 2.45) is 0 Å². The SMILES string of the molecule is Nc1nc2c(sc(=O)n2CCN2CCN(c3cc(C(=O)N4CCS(=O)CC4)c(F)cc3F)CC2)c2cc(-c3ccco3)nn12. The number of fused-ring (bicyclic) bond motifs is 3. The van der Waals surface area contributed by atoms with E-state index in [9.17, 15) is 22.6 Å². The molecule has 6 heterocycles. The molecule has 0 aliphatic carbocycles. The van der Waals surface area contributed by atoms with Gasteiger partial charge in [-0.25, -0.2) is 8.78 Å². The van der Waals surface area contributed by atoms with E-state index in [1.54, 1.807) is 27.9 Å². The number of furan rings is 1. The highest BCUT2D eigenvalue weighted by Crippen LogP contribution is 2.29. The number of hydrogen-bond acceptors (Lipinski definition) is 10. The van der Waals surface area contributed by atoms with Crippen molar-refractivity contribution in [2.45, 2.75) is 6.54 Å². The second-order valence-corrected chi connectivity index (χ2v) is 13.4. The molecule has 0 spiro atoms. The summed E-state index contributed by atoms with van der Waals surface area (Å²) in [6, 6.07) is 7.43. The Morgan fingerprint density at radius 1 is 1.05 bits per heavy atom. The third-order valence-electron chi connectivity index (χ3n) is 8.11. The van der Waals surface area contributed by atoms with E-state index in [0.717, 1.165) is 17.4 Å². The van der Waals surface area contributed by atoms with Crippen molar-refractivity contribution >= 4 is 55.5 Å². The van der Waals surface area contributed by atoms with Crippen LogP contribution in [0.15, 0.2) is 45.8 Å². The standard InChI is InChI=1S/C28H28F2N8O4S2/c29-18-15-19(30)21(14-17(18)26(39)36-9-12-44(41)13-10-36)35-6-3-34(4-7-35)5-8-37-25-24(43-28(37)40)22-16-20(23-2-1-11-42-23)33-38(22)27(31)32-25/h1-2,11,14-16H,3-10,12-13H2,(H2,31,32). The van der Waals surface area contributed by atoms with Crippen LogP contribution in [0, 0.1) is 11.6 Å². The third-order valence-corrected chi connectivity index (χ3v) is 10.4. The van der Waals surface area contributed by atoms with Gasteiger partial charge in [-0.15, -0.1) is 0 Å². The lowest BCUT2D eigenvalue weighted by molar-refractivity contribution is 0.0766. The summed E-state index contributed by atoms with van der Waals surface area (Å²) in [4.78, 5) is 35.8. The Kier molecular flexibility index (Phi) is 7.42. The van der Waals surface area contributed by atoms with Gasteiger partial charge in [-0.3, -0.25) is 23.3 Å². The van der Waals surface area contributed by atoms with Crippen molar-refractivity contribution < 1.29 is 22.2 Å². The summed E-state index contributed by atoms with van der Waals surface area (Å²) >= 11 is 1.08. The molecule has 2 aliphatic heterocycles. The van der Waals surface area contributed by atoms with Gasteiger partial charge >= 0.3 is 4.87 Å². The number of aromatic nitrogens is 4. The lowest BCUT2D eigenvalue weighted by Crippen LogP contribution is -2.48. The largest absolute Gasteiger partial charge is 0.463 e. The molecule has 2 saturated heterocycles. The van der Waals surface area contributed by atoms with E-state index in [2.05, 4.69) is 15.0 Å². The molecule has 44 heavy (non-hydrogen) atoms. The second kappa shape index (κ2) is 11.4. The second-order valence-electron chi connectivity index (χ2n) is 10.7. The lowest BCUT2D eigenvalue weighted by Gasteiger charge is -2.36. The van der Waals surface area contributed by atoms with Crippen LogP contribution in [0.2, 0.25) is 0 Å². The monoisotopic (exact) mass is 642 g/mol. The van der Waals surface area contributed by atoms with Gasteiger partial charge in [0.1, 0.15) is 22.0 Å². The minimum Gasteiger partial charge on any atom is -0.463 e. The number of carbonyl (C=O) groups is 1. The number of nitrogen functional groups attached to an aromatic ring is 1. The minimum atomic E-state index is -0.981. The number of carbonyl (C=O) groups excluding carboxylic acids is 1. The van der Waals surface area contributed by atoms with Gasteiger partial charge in [0.25, 0.3) is 5.91 Å². The zero-order valence-corrected chi connectivity index (χ0v) is 25.1. The Morgan fingerprint density at radius 3 is 2.55 bits per heavy atom. The predicted molar refractivity (Wildman–Crippen MR) is 164 cm³/mol. The summed E-state index contributed by atoms with van der Waals surface area (Å²) in [5.41, 5.74) is 7.95. The minimum absolute atomic E-state index is 0.153. The number of rotatable bonds is 6. The van der Waals surface area contributed by atoms with Crippen molar-refractivity contribution in [2.75, 3.05) is 68.0 Å². The maximum absolute atomic E-state index is 14.9. The van der Waals surface area contributed by atoms with Gasteiger partial charge in [-0.2, -0.15) is 14.6 Å². The molecule has 2 N–H and O–H groups in total. The normalized spacial score (nSPS) is 16.9.